The van der Waals surface area contributed by atoms with Crippen molar-refractivity contribution in [1.82, 2.24) is 15.0 Å². The zero-order valence-electron chi connectivity index (χ0n) is 15.1. The molecule has 154 valence electrons. The number of aliphatic hydroxyl groups is 2. The predicted octanol–water partition coefficient (Wildman–Crippen LogP) is 2.21. The highest BCUT2D eigenvalue weighted by molar-refractivity contribution is 14.1. The van der Waals surface area contributed by atoms with Crippen molar-refractivity contribution < 1.29 is 28.6 Å². The van der Waals surface area contributed by atoms with E-state index in [2.05, 4.69) is 15.8 Å². The molecule has 0 saturated heterocycles. The molecule has 8 nitrogen and oxygen atoms in total. The van der Waals surface area contributed by atoms with E-state index in [1.807, 2.05) is 22.6 Å². The van der Waals surface area contributed by atoms with Crippen molar-refractivity contribution in [3.05, 3.63) is 51.4 Å². The fourth-order valence-electron chi connectivity index (χ4n) is 2.56. The third-order valence-electron chi connectivity index (χ3n) is 4.05. The first-order valence-corrected chi connectivity index (χ1v) is 9.46. The molecule has 0 radical (unpaired) electrons. The van der Waals surface area contributed by atoms with Gasteiger partial charge < -0.3 is 20.1 Å². The molecule has 1 unspecified atom stereocenters. The number of carbonyl (C=O) groups is 1. The molecule has 3 rings (SSSR count). The van der Waals surface area contributed by atoms with E-state index in [9.17, 15) is 14.3 Å². The van der Waals surface area contributed by atoms with Crippen LogP contribution in [-0.2, 0) is 11.9 Å². The summed E-state index contributed by atoms with van der Waals surface area (Å²) in [6.07, 6.45) is 0.198. The zero-order chi connectivity index (χ0) is 21.1. The third-order valence-corrected chi connectivity index (χ3v) is 4.72. The van der Waals surface area contributed by atoms with Crippen LogP contribution in [0.2, 0.25) is 0 Å². The first-order valence-electron chi connectivity index (χ1n) is 8.38. The Hall–Kier alpha value is -2.35. The van der Waals surface area contributed by atoms with E-state index in [4.69, 9.17) is 9.94 Å². The number of benzene rings is 2. The van der Waals surface area contributed by atoms with Crippen LogP contribution >= 0.6 is 22.6 Å². The SMILES string of the molecule is Cn1cnc2c(F)c(Nc3ccc(I)cc3F)c(C(=O)NOCC(O)CO)cc21. The molecule has 1 heterocycles. The average molecular weight is 518 g/mol. The summed E-state index contributed by atoms with van der Waals surface area (Å²) in [5.41, 5.74) is 1.97. The monoisotopic (exact) mass is 518 g/mol. The molecule has 0 fully saturated rings. The molecule has 4 N–H and O–H groups in total. The number of nitrogens with zero attached hydrogens (tertiary/aromatic N) is 2. The minimum Gasteiger partial charge on any atom is -0.394 e. The Morgan fingerprint density at radius 1 is 1.38 bits per heavy atom. The van der Waals surface area contributed by atoms with Gasteiger partial charge in [0.15, 0.2) is 5.82 Å². The summed E-state index contributed by atoms with van der Waals surface area (Å²) in [6.45, 7) is -0.919. The number of aromatic nitrogens is 2. The van der Waals surface area contributed by atoms with E-state index >= 15 is 4.39 Å². The van der Waals surface area contributed by atoms with E-state index in [0.717, 1.165) is 0 Å². The lowest BCUT2D eigenvalue weighted by atomic mass is 10.1. The van der Waals surface area contributed by atoms with Crippen molar-refractivity contribution in [3.63, 3.8) is 0 Å². The number of hydroxylamine groups is 1. The first kappa shape index (κ1) is 21.4. The van der Waals surface area contributed by atoms with Gasteiger partial charge in [-0.25, -0.2) is 19.2 Å². The van der Waals surface area contributed by atoms with Crippen LogP contribution in [0.15, 0.2) is 30.6 Å². The smallest absolute Gasteiger partial charge is 0.277 e. The number of amides is 1. The number of hydrogen-bond acceptors (Lipinski definition) is 6. The average Bonchev–Trinajstić information content (AvgIpc) is 3.06. The molecular formula is C18H17F2IN4O4. The molecule has 0 saturated carbocycles. The van der Waals surface area contributed by atoms with Crippen molar-refractivity contribution in [2.24, 2.45) is 7.05 Å². The maximum atomic E-state index is 15.1. The molecule has 0 bridgehead atoms. The van der Waals surface area contributed by atoms with E-state index in [1.54, 1.807) is 13.1 Å². The Morgan fingerprint density at radius 3 is 2.83 bits per heavy atom. The fraction of sp³-hybridized carbons (Fsp3) is 0.222. The van der Waals surface area contributed by atoms with Crippen molar-refractivity contribution in [2.45, 2.75) is 6.10 Å². The molecule has 1 atom stereocenters. The summed E-state index contributed by atoms with van der Waals surface area (Å²) in [5.74, 6) is -2.28. The lowest BCUT2D eigenvalue weighted by Crippen LogP contribution is -2.30. The molecule has 11 heteroatoms. The molecule has 29 heavy (non-hydrogen) atoms. The van der Waals surface area contributed by atoms with Crippen LogP contribution in [0.5, 0.6) is 0 Å². The van der Waals surface area contributed by atoms with Gasteiger partial charge in [-0.3, -0.25) is 9.63 Å². The number of anilines is 2. The van der Waals surface area contributed by atoms with Crippen LogP contribution in [0.3, 0.4) is 0 Å². The van der Waals surface area contributed by atoms with Gasteiger partial charge in [-0.05, 0) is 46.9 Å². The van der Waals surface area contributed by atoms with Crippen LogP contribution in [0.1, 0.15) is 10.4 Å². The van der Waals surface area contributed by atoms with Gasteiger partial charge in [0.1, 0.15) is 24.0 Å². The molecule has 0 aliphatic carbocycles. The number of fused-ring (bicyclic) bond motifs is 1. The van der Waals surface area contributed by atoms with Gasteiger partial charge in [-0.2, -0.15) is 0 Å². The second kappa shape index (κ2) is 8.98. The number of rotatable bonds is 7. The van der Waals surface area contributed by atoms with Crippen LogP contribution in [-0.4, -0.2) is 45.0 Å². The summed E-state index contributed by atoms with van der Waals surface area (Å²) in [4.78, 5) is 21.4. The fourth-order valence-corrected chi connectivity index (χ4v) is 3.02. The summed E-state index contributed by atoms with van der Waals surface area (Å²) in [6, 6.07) is 5.70. The van der Waals surface area contributed by atoms with Crippen molar-refractivity contribution in [2.75, 3.05) is 18.5 Å². The number of aliphatic hydroxyl groups excluding tert-OH is 2. The molecule has 0 aliphatic heterocycles. The predicted molar refractivity (Wildman–Crippen MR) is 110 cm³/mol. The quantitative estimate of drug-likeness (QED) is 0.282. The maximum Gasteiger partial charge on any atom is 0.277 e. The Labute approximate surface area is 177 Å². The first-order chi connectivity index (χ1) is 13.8. The number of carbonyl (C=O) groups excluding carboxylic acids is 1. The zero-order valence-corrected chi connectivity index (χ0v) is 17.3. The lowest BCUT2D eigenvalue weighted by molar-refractivity contribution is -0.0295. The molecule has 2 aromatic carbocycles. The van der Waals surface area contributed by atoms with Crippen LogP contribution in [0.25, 0.3) is 11.0 Å². The standard InChI is InChI=1S/C18H17F2IN4O4/c1-25-8-22-17-14(25)5-11(18(28)24-29-7-10(27)6-26)16(15(17)20)23-13-3-2-9(21)4-12(13)19/h2-5,8,10,23,26-27H,6-7H2,1H3,(H,24,28). The van der Waals surface area contributed by atoms with Crippen molar-refractivity contribution in [3.8, 4) is 0 Å². The Kier molecular flexibility index (Phi) is 6.62. The van der Waals surface area contributed by atoms with Crippen LogP contribution in [0, 0.1) is 15.2 Å². The van der Waals surface area contributed by atoms with E-state index in [1.165, 1.54) is 29.1 Å². The van der Waals surface area contributed by atoms with Crippen molar-refractivity contribution in [1.29, 1.82) is 0 Å². The van der Waals surface area contributed by atoms with Crippen LogP contribution < -0.4 is 10.8 Å². The van der Waals surface area contributed by atoms with Gasteiger partial charge in [0.05, 0.1) is 35.4 Å². The Bertz CT molecular complexity index is 1060. The highest BCUT2D eigenvalue weighted by Gasteiger charge is 2.22. The van der Waals surface area contributed by atoms with Gasteiger partial charge in [0.2, 0.25) is 0 Å². The summed E-state index contributed by atoms with van der Waals surface area (Å²) >= 11 is 1.94. The molecule has 0 spiro atoms. The van der Waals surface area contributed by atoms with Gasteiger partial charge in [-0.1, -0.05) is 0 Å². The molecule has 3 aromatic rings. The minimum absolute atomic E-state index is 0.00842. The summed E-state index contributed by atoms with van der Waals surface area (Å²) in [5, 5.41) is 20.7. The number of nitrogens with one attached hydrogen (secondary N) is 2. The number of imidazole rings is 1. The molecule has 1 amide bonds. The Balaban J connectivity index is 2.00. The normalized spacial score (nSPS) is 12.2. The Morgan fingerprint density at radius 2 is 2.14 bits per heavy atom. The van der Waals surface area contributed by atoms with E-state index < -0.39 is 30.3 Å². The molecule has 0 aliphatic rings. The molecule has 1 aromatic heterocycles. The summed E-state index contributed by atoms with van der Waals surface area (Å²) < 4.78 is 31.6. The minimum atomic E-state index is -1.19. The highest BCUT2D eigenvalue weighted by atomic mass is 127. The number of aryl methyl sites for hydroxylation is 1. The third kappa shape index (κ3) is 4.63. The lowest BCUT2D eigenvalue weighted by Gasteiger charge is -2.15. The maximum absolute atomic E-state index is 15.1. The van der Waals surface area contributed by atoms with E-state index in [-0.39, 0.29) is 29.1 Å². The van der Waals surface area contributed by atoms with Gasteiger partial charge >= 0.3 is 0 Å². The highest BCUT2D eigenvalue weighted by Crippen LogP contribution is 2.31. The second-order valence-corrected chi connectivity index (χ2v) is 7.41. The van der Waals surface area contributed by atoms with Crippen molar-refractivity contribution >= 4 is 50.9 Å². The number of halogens is 3. The van der Waals surface area contributed by atoms with Crippen LogP contribution in [0.4, 0.5) is 20.2 Å². The van der Waals surface area contributed by atoms with E-state index in [0.29, 0.717) is 9.09 Å². The van der Waals surface area contributed by atoms with Gasteiger partial charge in [0, 0.05) is 10.6 Å². The molecular weight excluding hydrogens is 501 g/mol. The largest absolute Gasteiger partial charge is 0.394 e. The second-order valence-electron chi connectivity index (χ2n) is 6.16. The van der Waals surface area contributed by atoms with Gasteiger partial charge in [-0.15, -0.1) is 0 Å². The topological polar surface area (TPSA) is 109 Å². The summed E-state index contributed by atoms with van der Waals surface area (Å²) in [7, 11) is 1.64. The van der Waals surface area contributed by atoms with Gasteiger partial charge in [0.25, 0.3) is 5.91 Å². The number of hydrogen-bond donors (Lipinski definition) is 4.